The van der Waals surface area contributed by atoms with E-state index in [-0.39, 0.29) is 5.69 Å². The van der Waals surface area contributed by atoms with Crippen LogP contribution in [-0.2, 0) is 0 Å². The van der Waals surface area contributed by atoms with Crippen LogP contribution in [0.4, 0.5) is 0 Å². The molecule has 2 aromatic rings. The van der Waals surface area contributed by atoms with Gasteiger partial charge in [-0.3, -0.25) is 0 Å². The molecular weight excluding hydrogens is 282 g/mol. The van der Waals surface area contributed by atoms with Crippen LogP contribution in [0.1, 0.15) is 10.5 Å². The largest absolute Gasteiger partial charge is 0.477 e. The number of hydrogen-bond acceptors (Lipinski definition) is 4. The molecule has 2 aromatic heterocycles. The van der Waals surface area contributed by atoms with Crippen molar-refractivity contribution in [1.29, 1.82) is 0 Å². The highest BCUT2D eigenvalue weighted by molar-refractivity contribution is 6.30. The molecule has 0 bridgehead atoms. The standard InChI is InChI=1S/C12H12ClN5O2/c1-17(2)7-16-18-6-8(3-10(18)12(19)20)11-14-4-9(13)5-15-11/h3-7H,1-2H3,(H,19,20)/b16-7+. The van der Waals surface area contributed by atoms with Crippen LogP contribution in [0.15, 0.2) is 29.8 Å². The monoisotopic (exact) mass is 293 g/mol. The van der Waals surface area contributed by atoms with Gasteiger partial charge < -0.3 is 10.0 Å². The van der Waals surface area contributed by atoms with Crippen molar-refractivity contribution in [2.75, 3.05) is 14.1 Å². The fraction of sp³-hybridized carbons (Fsp3) is 0.167. The molecule has 0 aliphatic rings. The molecule has 104 valence electrons. The number of carbonyl (C=O) groups is 1. The van der Waals surface area contributed by atoms with Crippen LogP contribution < -0.4 is 0 Å². The molecule has 2 heterocycles. The summed E-state index contributed by atoms with van der Waals surface area (Å²) < 4.78 is 1.26. The quantitative estimate of drug-likeness (QED) is 0.684. The van der Waals surface area contributed by atoms with Crippen LogP contribution in [0.2, 0.25) is 5.02 Å². The lowest BCUT2D eigenvalue weighted by atomic mass is 10.3. The van der Waals surface area contributed by atoms with Gasteiger partial charge in [-0.05, 0) is 6.07 Å². The van der Waals surface area contributed by atoms with Crippen molar-refractivity contribution in [3.63, 3.8) is 0 Å². The third kappa shape index (κ3) is 3.12. The van der Waals surface area contributed by atoms with Crippen molar-refractivity contribution < 1.29 is 9.90 Å². The van der Waals surface area contributed by atoms with Gasteiger partial charge in [-0.25, -0.2) is 19.4 Å². The lowest BCUT2D eigenvalue weighted by molar-refractivity contribution is 0.0686. The minimum Gasteiger partial charge on any atom is -0.477 e. The zero-order valence-electron chi connectivity index (χ0n) is 10.9. The van der Waals surface area contributed by atoms with Gasteiger partial charge >= 0.3 is 5.97 Å². The molecule has 0 radical (unpaired) electrons. The first-order valence-corrected chi connectivity index (χ1v) is 5.99. The molecule has 20 heavy (non-hydrogen) atoms. The summed E-state index contributed by atoms with van der Waals surface area (Å²) in [5.74, 6) is -0.697. The highest BCUT2D eigenvalue weighted by atomic mass is 35.5. The van der Waals surface area contributed by atoms with E-state index >= 15 is 0 Å². The SMILES string of the molecule is CN(C)/C=N/n1cc(-c2ncc(Cl)cn2)cc1C(=O)O. The number of aromatic nitrogens is 3. The molecule has 1 N–H and O–H groups in total. The van der Waals surface area contributed by atoms with E-state index in [0.29, 0.717) is 16.4 Å². The Labute approximate surface area is 120 Å². The smallest absolute Gasteiger partial charge is 0.354 e. The Morgan fingerprint density at radius 3 is 2.65 bits per heavy atom. The van der Waals surface area contributed by atoms with E-state index in [1.165, 1.54) is 29.5 Å². The number of carboxylic acid groups (broad SMARTS) is 1. The molecule has 0 atom stereocenters. The molecule has 0 saturated carbocycles. The number of hydrogen-bond donors (Lipinski definition) is 1. The Balaban J connectivity index is 2.43. The van der Waals surface area contributed by atoms with Gasteiger partial charge in [-0.2, -0.15) is 5.10 Å². The molecule has 0 aliphatic carbocycles. The predicted molar refractivity (Wildman–Crippen MR) is 75.0 cm³/mol. The van der Waals surface area contributed by atoms with Crippen LogP contribution in [0.5, 0.6) is 0 Å². The highest BCUT2D eigenvalue weighted by Gasteiger charge is 2.14. The second kappa shape index (κ2) is 5.70. The van der Waals surface area contributed by atoms with Crippen molar-refractivity contribution in [3.8, 4) is 11.4 Å². The molecule has 0 fully saturated rings. The third-order valence-corrected chi connectivity index (χ3v) is 2.50. The predicted octanol–water partition coefficient (Wildman–Crippen LogP) is 1.65. The van der Waals surface area contributed by atoms with Gasteiger partial charge in [-0.15, -0.1) is 0 Å². The first kappa shape index (κ1) is 14.0. The molecule has 8 heteroatoms. The van der Waals surface area contributed by atoms with Gasteiger partial charge in [0.15, 0.2) is 11.5 Å². The molecule has 0 spiro atoms. The zero-order valence-corrected chi connectivity index (χ0v) is 11.6. The fourth-order valence-corrected chi connectivity index (χ4v) is 1.55. The van der Waals surface area contributed by atoms with E-state index in [1.807, 2.05) is 0 Å². The minimum atomic E-state index is -1.08. The lowest BCUT2D eigenvalue weighted by Crippen LogP contribution is -2.11. The van der Waals surface area contributed by atoms with Gasteiger partial charge in [-0.1, -0.05) is 11.6 Å². The Hall–Kier alpha value is -2.41. The summed E-state index contributed by atoms with van der Waals surface area (Å²) in [7, 11) is 3.58. The normalized spacial score (nSPS) is 10.9. The third-order valence-electron chi connectivity index (χ3n) is 2.31. The van der Waals surface area contributed by atoms with Crippen LogP contribution in [0.3, 0.4) is 0 Å². The molecule has 0 aliphatic heterocycles. The van der Waals surface area contributed by atoms with E-state index in [0.717, 1.165) is 0 Å². The van der Waals surface area contributed by atoms with E-state index in [1.54, 1.807) is 25.2 Å². The first-order chi connectivity index (χ1) is 9.47. The van der Waals surface area contributed by atoms with E-state index in [9.17, 15) is 4.79 Å². The molecule has 0 amide bonds. The van der Waals surface area contributed by atoms with Gasteiger partial charge in [0.2, 0.25) is 0 Å². The second-order valence-electron chi connectivity index (χ2n) is 4.18. The van der Waals surface area contributed by atoms with Crippen molar-refractivity contribution in [1.82, 2.24) is 19.5 Å². The van der Waals surface area contributed by atoms with Crippen LogP contribution in [-0.4, -0.2) is 51.1 Å². The van der Waals surface area contributed by atoms with Crippen LogP contribution >= 0.6 is 11.6 Å². The summed E-state index contributed by atoms with van der Waals surface area (Å²) in [5, 5.41) is 13.6. The fourth-order valence-electron chi connectivity index (χ4n) is 1.45. The molecule has 0 unspecified atom stereocenters. The number of halogens is 1. The highest BCUT2D eigenvalue weighted by Crippen LogP contribution is 2.19. The van der Waals surface area contributed by atoms with Crippen molar-refractivity contribution in [2.45, 2.75) is 0 Å². The molecule has 2 rings (SSSR count). The summed E-state index contributed by atoms with van der Waals surface area (Å²) in [6, 6.07) is 1.46. The van der Waals surface area contributed by atoms with Gasteiger partial charge in [0.05, 0.1) is 5.02 Å². The van der Waals surface area contributed by atoms with Gasteiger partial charge in [0.1, 0.15) is 6.34 Å². The number of nitrogens with zero attached hydrogens (tertiary/aromatic N) is 5. The summed E-state index contributed by atoms with van der Waals surface area (Å²) in [5.41, 5.74) is 0.576. The Morgan fingerprint density at radius 1 is 1.45 bits per heavy atom. The lowest BCUT2D eigenvalue weighted by Gasteiger charge is -2.03. The van der Waals surface area contributed by atoms with Crippen molar-refractivity contribution in [3.05, 3.63) is 35.4 Å². The first-order valence-electron chi connectivity index (χ1n) is 5.62. The summed E-state index contributed by atoms with van der Waals surface area (Å²) >= 11 is 5.72. The average Bonchev–Trinajstić information content (AvgIpc) is 2.81. The maximum absolute atomic E-state index is 11.2. The minimum absolute atomic E-state index is 0.0247. The summed E-state index contributed by atoms with van der Waals surface area (Å²) in [6.45, 7) is 0. The van der Waals surface area contributed by atoms with E-state index in [2.05, 4.69) is 15.1 Å². The van der Waals surface area contributed by atoms with Crippen molar-refractivity contribution >= 4 is 23.9 Å². The van der Waals surface area contributed by atoms with Gasteiger partial charge in [0, 0.05) is 38.2 Å². The molecule has 0 saturated heterocycles. The molecular formula is C12H12ClN5O2. The summed E-state index contributed by atoms with van der Waals surface area (Å²) in [4.78, 5) is 21.0. The number of aromatic carboxylic acids is 1. The Kier molecular flexibility index (Phi) is 3.99. The second-order valence-corrected chi connectivity index (χ2v) is 4.62. The number of carboxylic acids is 1. The average molecular weight is 294 g/mol. The Morgan fingerprint density at radius 2 is 2.10 bits per heavy atom. The molecule has 7 nitrogen and oxygen atoms in total. The number of rotatable bonds is 4. The van der Waals surface area contributed by atoms with E-state index < -0.39 is 5.97 Å². The maximum Gasteiger partial charge on any atom is 0.354 e. The van der Waals surface area contributed by atoms with E-state index in [4.69, 9.17) is 16.7 Å². The zero-order chi connectivity index (χ0) is 14.7. The molecule has 0 aromatic carbocycles. The summed E-state index contributed by atoms with van der Waals surface area (Å²) in [6.07, 6.45) is 5.95. The van der Waals surface area contributed by atoms with Crippen LogP contribution in [0, 0.1) is 0 Å². The van der Waals surface area contributed by atoms with Gasteiger partial charge in [0.25, 0.3) is 0 Å². The van der Waals surface area contributed by atoms with Crippen LogP contribution in [0.25, 0.3) is 11.4 Å². The Bertz CT molecular complexity index is 648. The maximum atomic E-state index is 11.2. The van der Waals surface area contributed by atoms with Crippen molar-refractivity contribution in [2.24, 2.45) is 5.10 Å². The topological polar surface area (TPSA) is 83.6 Å².